The maximum absolute atomic E-state index is 13.9. The van der Waals surface area contributed by atoms with Crippen LogP contribution in [0.3, 0.4) is 0 Å². The van der Waals surface area contributed by atoms with Gasteiger partial charge in [-0.25, -0.2) is 4.98 Å². The predicted molar refractivity (Wildman–Crippen MR) is 172 cm³/mol. The summed E-state index contributed by atoms with van der Waals surface area (Å²) in [4.78, 5) is 37.4. The fraction of sp³-hybridized carbons (Fsp3) is 0.265. The number of rotatable bonds is 9. The van der Waals surface area contributed by atoms with E-state index in [1.54, 1.807) is 36.7 Å². The first-order valence-corrected chi connectivity index (χ1v) is 15.5. The van der Waals surface area contributed by atoms with Gasteiger partial charge in [0.2, 0.25) is 5.91 Å². The number of thiazole rings is 1. The molecule has 9 nitrogen and oxygen atoms in total. The Balaban J connectivity index is 1.19. The summed E-state index contributed by atoms with van der Waals surface area (Å²) in [6, 6.07) is 23.2. The van der Waals surface area contributed by atoms with E-state index in [1.165, 1.54) is 0 Å². The Labute approximate surface area is 260 Å². The van der Waals surface area contributed by atoms with Crippen molar-refractivity contribution in [2.45, 2.75) is 13.5 Å². The van der Waals surface area contributed by atoms with Gasteiger partial charge in [0.1, 0.15) is 16.5 Å². The number of amides is 2. The Kier molecular flexibility index (Phi) is 8.63. The van der Waals surface area contributed by atoms with E-state index in [-0.39, 0.29) is 11.8 Å². The third-order valence-corrected chi connectivity index (χ3v) is 9.02. The summed E-state index contributed by atoms with van der Waals surface area (Å²) in [7, 11) is 3.45. The van der Waals surface area contributed by atoms with Crippen molar-refractivity contribution in [3.63, 3.8) is 0 Å². The van der Waals surface area contributed by atoms with Crippen molar-refractivity contribution in [2.24, 2.45) is 0 Å². The zero-order valence-corrected chi connectivity index (χ0v) is 25.9. The van der Waals surface area contributed by atoms with Crippen LogP contribution in [0.2, 0.25) is 0 Å². The second kappa shape index (κ2) is 12.9. The van der Waals surface area contributed by atoms with Gasteiger partial charge in [0.15, 0.2) is 0 Å². The SMILES string of the molecule is COc1ccc(-c2nc(-c3cc(C(=O)N4CCN(CC(=O)N(C)c5ccccc5)CC4)c(C)n3Cc3ccco3)cs2)cc1. The third-order valence-electron chi connectivity index (χ3n) is 8.13. The highest BCUT2D eigenvalue weighted by molar-refractivity contribution is 7.13. The molecule has 10 heteroatoms. The number of para-hydroxylation sites is 1. The number of methoxy groups -OCH3 is 1. The molecule has 6 rings (SSSR count). The number of anilines is 1. The standard InChI is InChI=1S/C34H35N5O4S/c1-24-29(34(41)38-17-15-37(16-18-38)22-32(40)36(2)26-8-5-4-6-9-26)20-31(39(24)21-28-10-7-19-43-28)30-23-44-33(35-30)25-11-13-27(42-3)14-12-25/h4-14,19-20,23H,15-18,21-22H2,1-3H3. The first-order chi connectivity index (χ1) is 21.4. The van der Waals surface area contributed by atoms with Crippen molar-refractivity contribution in [3.05, 3.63) is 101 Å². The summed E-state index contributed by atoms with van der Waals surface area (Å²) >= 11 is 1.56. The first-order valence-electron chi connectivity index (χ1n) is 14.6. The molecule has 1 aliphatic heterocycles. The Morgan fingerprint density at radius 1 is 1.00 bits per heavy atom. The van der Waals surface area contributed by atoms with Crippen LogP contribution >= 0.6 is 11.3 Å². The van der Waals surface area contributed by atoms with Crippen LogP contribution in [0.1, 0.15) is 21.8 Å². The number of carbonyl (C=O) groups excluding carboxylic acids is 2. The largest absolute Gasteiger partial charge is 0.497 e. The van der Waals surface area contributed by atoms with E-state index < -0.39 is 0 Å². The molecule has 1 aliphatic rings. The van der Waals surface area contributed by atoms with Crippen LogP contribution in [-0.2, 0) is 11.3 Å². The molecule has 226 valence electrons. The van der Waals surface area contributed by atoms with Gasteiger partial charge < -0.3 is 23.5 Å². The smallest absolute Gasteiger partial charge is 0.255 e. The molecule has 44 heavy (non-hydrogen) atoms. The molecule has 0 saturated carbocycles. The molecule has 1 fully saturated rings. The van der Waals surface area contributed by atoms with Crippen molar-refractivity contribution in [1.82, 2.24) is 19.4 Å². The molecule has 0 N–H and O–H groups in total. The number of benzene rings is 2. The van der Waals surface area contributed by atoms with Gasteiger partial charge in [0.25, 0.3) is 5.91 Å². The number of piperazine rings is 1. The molecule has 1 saturated heterocycles. The lowest BCUT2D eigenvalue weighted by atomic mass is 10.2. The molecule has 0 radical (unpaired) electrons. The predicted octanol–water partition coefficient (Wildman–Crippen LogP) is 5.66. The van der Waals surface area contributed by atoms with Crippen molar-refractivity contribution in [3.8, 4) is 27.7 Å². The molecule has 0 aliphatic carbocycles. The molecule has 0 spiro atoms. The summed E-state index contributed by atoms with van der Waals surface area (Å²) < 4.78 is 13.1. The van der Waals surface area contributed by atoms with Crippen molar-refractivity contribution in [1.29, 1.82) is 0 Å². The van der Waals surface area contributed by atoms with Crippen LogP contribution in [0.5, 0.6) is 5.75 Å². The van der Waals surface area contributed by atoms with Crippen LogP contribution < -0.4 is 9.64 Å². The van der Waals surface area contributed by atoms with Crippen molar-refractivity contribution >= 4 is 28.8 Å². The van der Waals surface area contributed by atoms with Crippen LogP contribution in [0, 0.1) is 6.92 Å². The summed E-state index contributed by atoms with van der Waals surface area (Å²) in [5.41, 5.74) is 5.06. The Morgan fingerprint density at radius 2 is 1.75 bits per heavy atom. The van der Waals surface area contributed by atoms with Crippen molar-refractivity contribution < 1.29 is 18.7 Å². The average Bonchev–Trinajstić information content (AvgIpc) is 3.83. The van der Waals surface area contributed by atoms with Crippen LogP contribution in [0.15, 0.2) is 88.9 Å². The lowest BCUT2D eigenvalue weighted by molar-refractivity contribution is -0.119. The monoisotopic (exact) mass is 609 g/mol. The van der Waals surface area contributed by atoms with Gasteiger partial charge in [-0.05, 0) is 61.5 Å². The van der Waals surface area contributed by atoms with Crippen molar-refractivity contribution in [2.75, 3.05) is 51.8 Å². The minimum absolute atomic E-state index is 0.0140. The molecule has 0 atom stereocenters. The summed E-state index contributed by atoms with van der Waals surface area (Å²) in [5, 5.41) is 2.92. The Bertz CT molecular complexity index is 1720. The molecule has 2 aromatic carbocycles. The minimum Gasteiger partial charge on any atom is -0.497 e. The van der Waals surface area contributed by atoms with Gasteiger partial charge >= 0.3 is 0 Å². The van der Waals surface area contributed by atoms with E-state index in [4.69, 9.17) is 14.1 Å². The van der Waals surface area contributed by atoms with Gasteiger partial charge in [0.05, 0.1) is 43.4 Å². The quantitative estimate of drug-likeness (QED) is 0.215. The molecule has 0 bridgehead atoms. The average molecular weight is 610 g/mol. The number of furan rings is 1. The fourth-order valence-corrected chi connectivity index (χ4v) is 6.29. The third kappa shape index (κ3) is 6.17. The number of aromatic nitrogens is 2. The second-order valence-electron chi connectivity index (χ2n) is 10.8. The molecule has 3 aromatic heterocycles. The molecule has 0 unspecified atom stereocenters. The topological polar surface area (TPSA) is 84.0 Å². The van der Waals surface area contributed by atoms with Gasteiger partial charge in [-0.3, -0.25) is 14.5 Å². The van der Waals surface area contributed by atoms with Gasteiger partial charge in [-0.2, -0.15) is 0 Å². The van der Waals surface area contributed by atoms with E-state index in [9.17, 15) is 9.59 Å². The maximum atomic E-state index is 13.9. The number of likely N-dealkylation sites (N-methyl/N-ethyl adjacent to an activating group) is 1. The number of hydrogen-bond acceptors (Lipinski definition) is 7. The maximum Gasteiger partial charge on any atom is 0.255 e. The van der Waals surface area contributed by atoms with Crippen LogP contribution in [0.25, 0.3) is 22.0 Å². The number of ether oxygens (including phenoxy) is 1. The molecule has 5 aromatic rings. The van der Waals surface area contributed by atoms with E-state index in [0.29, 0.717) is 44.8 Å². The zero-order chi connectivity index (χ0) is 30.6. The summed E-state index contributed by atoms with van der Waals surface area (Å²) in [6.07, 6.45) is 1.66. The number of carbonyl (C=O) groups is 2. The molecule has 2 amide bonds. The lowest BCUT2D eigenvalue weighted by Gasteiger charge is -2.35. The second-order valence-corrected chi connectivity index (χ2v) is 11.7. The van der Waals surface area contributed by atoms with E-state index >= 15 is 0 Å². The number of hydrogen-bond donors (Lipinski definition) is 0. The molecular formula is C34H35N5O4S. The summed E-state index contributed by atoms with van der Waals surface area (Å²) in [6.45, 7) is 5.16. The highest BCUT2D eigenvalue weighted by Crippen LogP contribution is 2.33. The number of nitrogens with zero attached hydrogens (tertiary/aromatic N) is 5. The fourth-order valence-electron chi connectivity index (χ4n) is 5.47. The Morgan fingerprint density at radius 3 is 2.43 bits per heavy atom. The lowest BCUT2D eigenvalue weighted by Crippen LogP contribution is -2.51. The highest BCUT2D eigenvalue weighted by atomic mass is 32.1. The van der Waals surface area contributed by atoms with Gasteiger partial charge in [-0.1, -0.05) is 18.2 Å². The van der Waals surface area contributed by atoms with Gasteiger partial charge in [-0.15, -0.1) is 11.3 Å². The first kappa shape index (κ1) is 29.4. The zero-order valence-electron chi connectivity index (χ0n) is 25.1. The minimum atomic E-state index is -0.0140. The Hall–Kier alpha value is -4.67. The summed E-state index contributed by atoms with van der Waals surface area (Å²) in [5.74, 6) is 1.61. The molecule has 4 heterocycles. The molecular weight excluding hydrogens is 574 g/mol. The van der Waals surface area contributed by atoms with Gasteiger partial charge in [0, 0.05) is 55.6 Å². The van der Waals surface area contributed by atoms with Crippen LogP contribution in [-0.4, -0.2) is 78.0 Å². The van der Waals surface area contributed by atoms with E-state index in [2.05, 4.69) is 9.47 Å². The normalized spacial score (nSPS) is 13.7. The van der Waals surface area contributed by atoms with E-state index in [1.807, 2.05) is 90.0 Å². The highest BCUT2D eigenvalue weighted by Gasteiger charge is 2.28. The van der Waals surface area contributed by atoms with E-state index in [0.717, 1.165) is 44.9 Å². The van der Waals surface area contributed by atoms with Crippen LogP contribution in [0.4, 0.5) is 5.69 Å².